The molecule has 36 heavy (non-hydrogen) atoms. The van der Waals surface area contributed by atoms with Crippen molar-refractivity contribution >= 4 is 25.4 Å². The standard InChI is InChI=1S/C26H48B2N3O4P/c1-17(2)11-23(32)22(14-31(28)15-25(34-29)20-9-6-10-20)21(19-7-5-8-19)13-30(27)16-26(35-36)24(33)12-18(3)4/h11-12,19-26,32-33H,5-10,13-16,29,36H2,1-4H3. The van der Waals surface area contributed by atoms with Gasteiger partial charge in [0.2, 0.25) is 0 Å². The molecule has 4 N–H and O–H groups in total. The number of aliphatic hydroxyl groups excluding tert-OH is 2. The Hall–Kier alpha value is -0.240. The lowest BCUT2D eigenvalue weighted by Crippen LogP contribution is -2.49. The van der Waals surface area contributed by atoms with E-state index in [9.17, 15) is 10.2 Å². The van der Waals surface area contributed by atoms with E-state index in [1.807, 2.05) is 33.8 Å². The Morgan fingerprint density at radius 1 is 0.889 bits per heavy atom. The van der Waals surface area contributed by atoms with E-state index < -0.39 is 18.3 Å². The first-order chi connectivity index (χ1) is 17.0. The maximum atomic E-state index is 11.3. The number of rotatable bonds is 17. The Labute approximate surface area is 224 Å². The van der Waals surface area contributed by atoms with Crippen molar-refractivity contribution in [3.63, 3.8) is 0 Å². The predicted octanol–water partition coefficient (Wildman–Crippen LogP) is 2.68. The predicted molar refractivity (Wildman–Crippen MR) is 151 cm³/mol. The van der Waals surface area contributed by atoms with Crippen molar-refractivity contribution in [3.05, 3.63) is 23.3 Å². The molecule has 0 aromatic carbocycles. The van der Waals surface area contributed by atoms with Crippen LogP contribution in [0.15, 0.2) is 23.3 Å². The maximum absolute atomic E-state index is 11.3. The summed E-state index contributed by atoms with van der Waals surface area (Å²) in [6.45, 7) is 9.84. The molecule has 202 valence electrons. The molecule has 7 atom stereocenters. The van der Waals surface area contributed by atoms with Gasteiger partial charge in [-0.15, -0.1) is 0 Å². The molecule has 2 saturated carbocycles. The molecule has 0 spiro atoms. The third-order valence-corrected chi connectivity index (χ3v) is 8.23. The van der Waals surface area contributed by atoms with Crippen LogP contribution in [0.1, 0.15) is 66.2 Å². The molecule has 4 radical (unpaired) electrons. The van der Waals surface area contributed by atoms with Crippen LogP contribution in [0.4, 0.5) is 0 Å². The minimum atomic E-state index is -0.757. The summed E-state index contributed by atoms with van der Waals surface area (Å²) in [6.07, 6.45) is 8.55. The highest BCUT2D eigenvalue weighted by molar-refractivity contribution is 7.09. The number of aliphatic hydroxyl groups is 2. The molecular formula is C26H48B2N3O4P. The van der Waals surface area contributed by atoms with Crippen LogP contribution >= 0.6 is 9.47 Å². The summed E-state index contributed by atoms with van der Waals surface area (Å²) in [5.41, 5.74) is 2.08. The van der Waals surface area contributed by atoms with Gasteiger partial charge in [0.25, 0.3) is 0 Å². The van der Waals surface area contributed by atoms with Crippen molar-refractivity contribution in [2.45, 2.75) is 90.6 Å². The van der Waals surface area contributed by atoms with Gasteiger partial charge in [-0.05, 0) is 71.4 Å². The van der Waals surface area contributed by atoms with Gasteiger partial charge < -0.3 is 24.4 Å². The zero-order valence-electron chi connectivity index (χ0n) is 22.8. The summed E-state index contributed by atoms with van der Waals surface area (Å²) in [5.74, 6) is 6.53. The second kappa shape index (κ2) is 16.0. The molecule has 0 amide bonds. The van der Waals surface area contributed by atoms with Gasteiger partial charge in [-0.3, -0.25) is 4.84 Å². The van der Waals surface area contributed by atoms with E-state index in [2.05, 4.69) is 9.47 Å². The van der Waals surface area contributed by atoms with E-state index >= 15 is 0 Å². The molecule has 2 aliphatic carbocycles. The molecule has 7 nitrogen and oxygen atoms in total. The molecule has 0 aromatic heterocycles. The highest BCUT2D eigenvalue weighted by Crippen LogP contribution is 2.40. The Balaban J connectivity index is 2.16. The van der Waals surface area contributed by atoms with Gasteiger partial charge in [0, 0.05) is 28.5 Å². The van der Waals surface area contributed by atoms with Gasteiger partial charge in [-0.2, -0.15) is 0 Å². The minimum absolute atomic E-state index is 0.102. The maximum Gasteiger partial charge on any atom is 0.182 e. The number of allylic oxidation sites excluding steroid dienone is 2. The summed E-state index contributed by atoms with van der Waals surface area (Å²) in [7, 11) is 15.3. The van der Waals surface area contributed by atoms with Crippen LogP contribution in [-0.2, 0) is 9.36 Å². The van der Waals surface area contributed by atoms with Gasteiger partial charge >= 0.3 is 0 Å². The Morgan fingerprint density at radius 2 is 1.42 bits per heavy atom. The Kier molecular flexibility index (Phi) is 14.2. The lowest BCUT2D eigenvalue weighted by molar-refractivity contribution is -0.0314. The number of nitrogens with two attached hydrogens (primary N) is 1. The average molecular weight is 519 g/mol. The SMILES string of the molecule is [B]N(CC(ON)C1CCC1)CC(C(O)C=C(C)C)C(CN([B])CC(OP)C(O)C=C(C)C)C1CCC1. The fourth-order valence-electron chi connectivity index (χ4n) is 5.41. The molecule has 7 unspecified atom stereocenters. The molecule has 2 aliphatic rings. The molecule has 2 fully saturated rings. The van der Waals surface area contributed by atoms with Crippen LogP contribution in [-0.4, -0.2) is 86.4 Å². The molecule has 2 rings (SSSR count). The van der Waals surface area contributed by atoms with Gasteiger partial charge in [0.15, 0.2) is 16.0 Å². The van der Waals surface area contributed by atoms with E-state index in [1.54, 1.807) is 15.7 Å². The van der Waals surface area contributed by atoms with E-state index in [-0.39, 0.29) is 17.9 Å². The van der Waals surface area contributed by atoms with Gasteiger partial charge in [-0.25, -0.2) is 5.90 Å². The van der Waals surface area contributed by atoms with Crippen molar-refractivity contribution in [3.8, 4) is 0 Å². The molecular weight excluding hydrogens is 471 g/mol. The van der Waals surface area contributed by atoms with Crippen molar-refractivity contribution in [2.75, 3.05) is 26.2 Å². The second-order valence-electron chi connectivity index (χ2n) is 11.4. The summed E-state index contributed by atoms with van der Waals surface area (Å²) in [5, 5.41) is 21.8. The molecule has 0 saturated heterocycles. The molecule has 10 heteroatoms. The summed E-state index contributed by atoms with van der Waals surface area (Å²) < 4.78 is 5.47. The monoisotopic (exact) mass is 519 g/mol. The third kappa shape index (κ3) is 10.1. The van der Waals surface area contributed by atoms with Crippen LogP contribution in [0.3, 0.4) is 0 Å². The van der Waals surface area contributed by atoms with Crippen molar-refractivity contribution in [2.24, 2.45) is 29.6 Å². The van der Waals surface area contributed by atoms with E-state index in [1.165, 1.54) is 12.8 Å². The number of hydrogen-bond acceptors (Lipinski definition) is 7. The summed E-state index contributed by atoms with van der Waals surface area (Å²) >= 11 is 0. The second-order valence-corrected chi connectivity index (χ2v) is 11.7. The van der Waals surface area contributed by atoms with Gasteiger partial charge in [0.05, 0.1) is 12.2 Å². The zero-order valence-corrected chi connectivity index (χ0v) is 23.9. The van der Waals surface area contributed by atoms with Gasteiger partial charge in [-0.1, -0.05) is 49.0 Å². The zero-order chi connectivity index (χ0) is 26.8. The van der Waals surface area contributed by atoms with Gasteiger partial charge in [0.1, 0.15) is 12.2 Å². The first-order valence-corrected chi connectivity index (χ1v) is 13.9. The molecule has 0 aromatic rings. The fraction of sp³-hybridized carbons (Fsp3) is 0.846. The lowest BCUT2D eigenvalue weighted by Gasteiger charge is -2.44. The Morgan fingerprint density at radius 3 is 1.86 bits per heavy atom. The van der Waals surface area contributed by atoms with E-state index in [0.29, 0.717) is 38.0 Å². The quantitative estimate of drug-likeness (QED) is 0.118. The third-order valence-electron chi connectivity index (χ3n) is 7.88. The van der Waals surface area contributed by atoms with E-state index in [4.69, 9.17) is 31.2 Å². The number of hydrogen-bond donors (Lipinski definition) is 3. The van der Waals surface area contributed by atoms with Crippen LogP contribution in [0.5, 0.6) is 0 Å². The first kappa shape index (κ1) is 32.0. The van der Waals surface area contributed by atoms with Crippen molar-refractivity contribution < 1.29 is 19.6 Å². The normalized spacial score (nSPS) is 21.7. The van der Waals surface area contributed by atoms with Crippen LogP contribution in [0.25, 0.3) is 0 Å². The van der Waals surface area contributed by atoms with Crippen molar-refractivity contribution in [1.82, 2.24) is 9.62 Å². The van der Waals surface area contributed by atoms with Crippen LogP contribution < -0.4 is 5.90 Å². The van der Waals surface area contributed by atoms with Crippen LogP contribution in [0.2, 0.25) is 0 Å². The summed E-state index contributed by atoms with van der Waals surface area (Å²) in [6, 6.07) is 0. The smallest absolute Gasteiger partial charge is 0.182 e. The summed E-state index contributed by atoms with van der Waals surface area (Å²) in [4.78, 5) is 8.76. The highest BCUT2D eigenvalue weighted by Gasteiger charge is 2.38. The first-order valence-electron chi connectivity index (χ1n) is 13.4. The van der Waals surface area contributed by atoms with Crippen LogP contribution in [0, 0.1) is 23.7 Å². The number of nitrogens with zero attached hydrogens (tertiary/aromatic N) is 2. The van der Waals surface area contributed by atoms with Crippen molar-refractivity contribution in [1.29, 1.82) is 0 Å². The topological polar surface area (TPSA) is 91.4 Å². The fourth-order valence-corrected chi connectivity index (χ4v) is 5.66. The highest BCUT2D eigenvalue weighted by atomic mass is 31.0. The van der Waals surface area contributed by atoms with E-state index in [0.717, 1.165) is 36.8 Å². The Bertz CT molecular complexity index is 701. The minimum Gasteiger partial charge on any atom is -0.389 e. The molecule has 0 aliphatic heterocycles. The molecule has 0 bridgehead atoms. The largest absolute Gasteiger partial charge is 0.389 e. The lowest BCUT2D eigenvalue weighted by atomic mass is 9.68. The molecule has 0 heterocycles. The average Bonchev–Trinajstić information content (AvgIpc) is 2.71.